The van der Waals surface area contributed by atoms with Crippen LogP contribution in [0.3, 0.4) is 0 Å². The zero-order valence-electron chi connectivity index (χ0n) is 61.8. The largest absolute Gasteiger partial charge is 0.390 e. The summed E-state index contributed by atoms with van der Waals surface area (Å²) < 4.78 is 5.20. The fourth-order valence-corrected chi connectivity index (χ4v) is 12.8. The quantitative estimate of drug-likeness (QED) is 0.0968. The first-order chi connectivity index (χ1) is 42.6. The van der Waals surface area contributed by atoms with E-state index in [1.165, 1.54) is 90.6 Å². The van der Waals surface area contributed by atoms with Crippen LogP contribution < -0.4 is 5.32 Å². The number of rotatable bonds is 22. The molecule has 0 aromatic rings. The Hall–Kier alpha value is -5.31. The highest BCUT2D eigenvalue weighted by Crippen LogP contribution is 2.30. The van der Waals surface area contributed by atoms with Crippen LogP contribution in [0.2, 0.25) is 0 Å². The summed E-state index contributed by atoms with van der Waals surface area (Å²) in [4.78, 5) is 172. The van der Waals surface area contributed by atoms with Crippen molar-refractivity contribution in [1.82, 2.24) is 39.6 Å². The van der Waals surface area contributed by atoms with Gasteiger partial charge in [-0.3, -0.25) is 52.7 Å². The van der Waals surface area contributed by atoms with Gasteiger partial charge in [0, 0.05) is 100 Å². The van der Waals surface area contributed by atoms with E-state index in [1.54, 1.807) is 41.7 Å². The molecule has 0 aromatic carbocycles. The number of Topliss-reactive ketones (excluding diaryl/α,β-unsaturated/α-hetero) is 3. The van der Waals surface area contributed by atoms with Gasteiger partial charge < -0.3 is 49.5 Å². The van der Waals surface area contributed by atoms with Gasteiger partial charge in [0.15, 0.2) is 17.3 Å². The van der Waals surface area contributed by atoms with Crippen molar-refractivity contribution in [2.45, 2.75) is 268 Å². The maximum atomic E-state index is 15.4. The van der Waals surface area contributed by atoms with Crippen molar-refractivity contribution in [1.29, 1.82) is 0 Å². The number of likely N-dealkylation sites (N-methyl/N-ethyl adjacent to an activating group) is 7. The highest BCUT2D eigenvalue weighted by Gasteiger charge is 2.46. The van der Waals surface area contributed by atoms with Gasteiger partial charge in [0.2, 0.25) is 47.3 Å². The topological polar surface area (TPSA) is 252 Å². The van der Waals surface area contributed by atoms with Crippen molar-refractivity contribution in [3.63, 3.8) is 0 Å². The predicted molar refractivity (Wildman–Crippen MR) is 361 cm³/mol. The Labute approximate surface area is 555 Å². The van der Waals surface area contributed by atoms with Gasteiger partial charge in [-0.1, -0.05) is 136 Å². The van der Waals surface area contributed by atoms with Crippen molar-refractivity contribution in [2.24, 2.45) is 59.2 Å². The molecule has 0 saturated carbocycles. The molecule has 0 spiro atoms. The standard InChI is InChI=1S/C71H128N8O13/c1-26-52-40-60(82)62(63(83)48(14)33-31-29-27-28-30-32-34-92-25)79(24)71(91)61(47(12)13)78(23)70(90)57(38-45(8)9)77(22)69(89)56(37-44(6)7)76(21)65(85)50(16)72-64(84)49(15)39-58(80)54(35-42(2)3)75(20)68(88)53(46(10)11)41-59(81)55(36-43(4)5)74(19)66(86)51(17)73(18)67(52)87/h42-57,61-63,83H,26-41H2,1-25H3,(H,72,84)/t48-,49+,50+,51-,52+,53-,54-,55+,56-,57-,61-,62+,63-/m1/s1. The summed E-state index contributed by atoms with van der Waals surface area (Å²) >= 11 is 0. The second-order valence-corrected chi connectivity index (χ2v) is 29.5. The van der Waals surface area contributed by atoms with E-state index in [0.29, 0.717) is 13.0 Å². The SMILES string of the molecule is CC[C@H]1CC(=O)[C@@H]([C@H](O)[C@H](C)CCCCCCCCOC)N(C)C(=O)[C@@H](C(C)C)N(C)C(=O)[C@@H](CC(C)C)N(C)C(=O)[C@@H](CC(C)C)N(C)C(=O)[C@H](C)NC(=O)[C@@H](C)CC(=O)[C@@H](CC(C)C)N(C)C(=O)[C@@H](C(C)C)CC(=O)[C@H](CC(C)C)N(C)C(=O)[C@@H](C)N(C)C1=O. The molecule has 530 valence electrons. The Kier molecular flexibility index (Phi) is 37.0. The van der Waals surface area contributed by atoms with Crippen LogP contribution in [0.4, 0.5) is 0 Å². The number of carbonyl (C=O) groups excluding carboxylic acids is 11. The number of aliphatic hydroxyl groups excluding tert-OH is 1. The highest BCUT2D eigenvalue weighted by atomic mass is 16.5. The number of methoxy groups -OCH3 is 1. The smallest absolute Gasteiger partial charge is 0.246 e. The first-order valence-electron chi connectivity index (χ1n) is 34.6. The fourth-order valence-electron chi connectivity index (χ4n) is 12.8. The number of ketones is 3. The van der Waals surface area contributed by atoms with E-state index in [9.17, 15) is 38.7 Å². The molecule has 1 saturated heterocycles. The summed E-state index contributed by atoms with van der Waals surface area (Å²) in [6.45, 7) is 31.3. The molecule has 1 aliphatic heterocycles. The van der Waals surface area contributed by atoms with Gasteiger partial charge in [0.25, 0.3) is 0 Å². The number of ether oxygens (including phenoxy) is 1. The zero-order chi connectivity index (χ0) is 71.1. The van der Waals surface area contributed by atoms with Gasteiger partial charge >= 0.3 is 0 Å². The lowest BCUT2D eigenvalue weighted by molar-refractivity contribution is -0.157. The second kappa shape index (κ2) is 40.2. The van der Waals surface area contributed by atoms with E-state index >= 15 is 19.2 Å². The molecule has 1 fully saturated rings. The lowest BCUT2D eigenvalue weighted by Crippen LogP contribution is -2.61. The summed E-state index contributed by atoms with van der Waals surface area (Å²) in [5.74, 6) is -10.7. The average Bonchev–Trinajstić information content (AvgIpc) is 0.841. The van der Waals surface area contributed by atoms with Gasteiger partial charge in [-0.25, -0.2) is 0 Å². The molecular formula is C71H128N8O13. The third kappa shape index (κ3) is 24.8. The van der Waals surface area contributed by atoms with E-state index in [1.807, 2.05) is 76.2 Å². The molecule has 21 nitrogen and oxygen atoms in total. The molecule has 0 bridgehead atoms. The van der Waals surface area contributed by atoms with E-state index in [2.05, 4.69) is 5.32 Å². The van der Waals surface area contributed by atoms with Gasteiger partial charge in [-0.15, -0.1) is 0 Å². The number of carbonyl (C=O) groups is 11. The molecule has 0 aliphatic carbocycles. The molecular weight excluding hydrogens is 1170 g/mol. The Bertz CT molecular complexity index is 2410. The molecule has 92 heavy (non-hydrogen) atoms. The van der Waals surface area contributed by atoms with E-state index < -0.39 is 143 Å². The summed E-state index contributed by atoms with van der Waals surface area (Å²) in [7, 11) is 12.1. The molecule has 13 atom stereocenters. The number of unbranched alkanes of at least 4 members (excludes halogenated alkanes) is 5. The van der Waals surface area contributed by atoms with Crippen molar-refractivity contribution in [2.75, 3.05) is 63.1 Å². The van der Waals surface area contributed by atoms with Crippen molar-refractivity contribution >= 4 is 64.6 Å². The molecule has 1 rings (SSSR count). The molecule has 0 radical (unpaired) electrons. The van der Waals surface area contributed by atoms with E-state index in [4.69, 9.17) is 4.74 Å². The minimum atomic E-state index is -1.48. The fraction of sp³-hybridized carbons (Fsp3) is 0.845. The third-order valence-electron chi connectivity index (χ3n) is 19.1. The molecule has 8 amide bonds. The Morgan fingerprint density at radius 3 is 1.32 bits per heavy atom. The van der Waals surface area contributed by atoms with E-state index in [-0.39, 0.29) is 86.1 Å². The minimum absolute atomic E-state index is 0.0690. The minimum Gasteiger partial charge on any atom is -0.390 e. The lowest BCUT2D eigenvalue weighted by Gasteiger charge is -2.41. The van der Waals surface area contributed by atoms with E-state index in [0.717, 1.165) is 38.5 Å². The van der Waals surface area contributed by atoms with Gasteiger partial charge in [0.05, 0.1) is 18.2 Å². The first kappa shape index (κ1) is 84.7. The average molecular weight is 1300 g/mol. The maximum Gasteiger partial charge on any atom is 0.246 e. The second-order valence-electron chi connectivity index (χ2n) is 29.5. The summed E-state index contributed by atoms with van der Waals surface area (Å²) in [6, 6.07) is -9.25. The van der Waals surface area contributed by atoms with Gasteiger partial charge in [-0.2, -0.15) is 0 Å². The number of aliphatic hydroxyl groups is 1. The maximum absolute atomic E-state index is 15.4. The Morgan fingerprint density at radius 1 is 0.446 bits per heavy atom. The van der Waals surface area contributed by atoms with Gasteiger partial charge in [-0.05, 0) is 100 Å². The van der Waals surface area contributed by atoms with Crippen LogP contribution in [0.1, 0.15) is 214 Å². The summed E-state index contributed by atoms with van der Waals surface area (Å²) in [5, 5.41) is 15.2. The first-order valence-corrected chi connectivity index (χ1v) is 34.6. The molecule has 2 N–H and O–H groups in total. The lowest BCUT2D eigenvalue weighted by atomic mass is 9.84. The van der Waals surface area contributed by atoms with Crippen LogP contribution in [-0.2, 0) is 57.5 Å². The van der Waals surface area contributed by atoms with Crippen LogP contribution in [0, 0.1) is 59.2 Å². The van der Waals surface area contributed by atoms with Crippen LogP contribution in [0.25, 0.3) is 0 Å². The normalized spacial score (nSPS) is 26.8. The molecule has 0 unspecified atom stereocenters. The van der Waals surface area contributed by atoms with Crippen molar-refractivity contribution in [3.8, 4) is 0 Å². The summed E-state index contributed by atoms with van der Waals surface area (Å²) in [5.41, 5.74) is 0. The van der Waals surface area contributed by atoms with Crippen LogP contribution in [0.15, 0.2) is 0 Å². The zero-order valence-corrected chi connectivity index (χ0v) is 61.8. The van der Waals surface area contributed by atoms with Crippen LogP contribution in [-0.4, -0.2) is 222 Å². The van der Waals surface area contributed by atoms with Crippen molar-refractivity contribution in [3.05, 3.63) is 0 Å². The van der Waals surface area contributed by atoms with Gasteiger partial charge in [0.1, 0.15) is 36.3 Å². The monoisotopic (exact) mass is 1300 g/mol. The summed E-state index contributed by atoms with van der Waals surface area (Å²) in [6.07, 6.45) is 4.72. The van der Waals surface area contributed by atoms with Crippen LogP contribution in [0.5, 0.6) is 0 Å². The number of amides is 8. The molecule has 0 aromatic heterocycles. The molecule has 21 heteroatoms. The third-order valence-corrected chi connectivity index (χ3v) is 19.1. The number of hydrogen-bond donors (Lipinski definition) is 2. The number of nitrogens with one attached hydrogen (secondary N) is 1. The number of nitrogens with zero attached hydrogens (tertiary/aromatic N) is 7. The Balaban J connectivity index is 4.35. The predicted octanol–water partition coefficient (Wildman–Crippen LogP) is 8.34. The number of hydrogen-bond acceptors (Lipinski definition) is 13. The molecule has 1 heterocycles. The molecule has 1 aliphatic rings. The van der Waals surface area contributed by atoms with Crippen LogP contribution >= 0.6 is 0 Å². The Morgan fingerprint density at radius 2 is 0.859 bits per heavy atom. The highest BCUT2D eigenvalue weighted by molar-refractivity contribution is 6.00. The van der Waals surface area contributed by atoms with Crippen molar-refractivity contribution < 1.29 is 62.6 Å².